The van der Waals surface area contributed by atoms with Gasteiger partial charge in [-0.1, -0.05) is 19.3 Å². The molecule has 1 aromatic rings. The standard InChI is InChI=1S/C12H18N4O3/c1-2-13-12-14-8-10(16(17)18)11(15-12)19-7-6-9-4-3-5-9/h8-9H,2-7H2,1H3,(H,13,14,15). The van der Waals surface area contributed by atoms with Crippen molar-refractivity contribution >= 4 is 11.6 Å². The lowest BCUT2D eigenvalue weighted by Crippen LogP contribution is -2.15. The van der Waals surface area contributed by atoms with Crippen molar-refractivity contribution in [1.82, 2.24) is 9.97 Å². The lowest BCUT2D eigenvalue weighted by Gasteiger charge is -2.24. The van der Waals surface area contributed by atoms with Gasteiger partial charge >= 0.3 is 5.69 Å². The van der Waals surface area contributed by atoms with Gasteiger partial charge in [0.2, 0.25) is 5.95 Å². The number of hydrogen-bond acceptors (Lipinski definition) is 6. The second-order valence-electron chi connectivity index (χ2n) is 4.61. The first-order valence-electron chi connectivity index (χ1n) is 6.58. The van der Waals surface area contributed by atoms with E-state index >= 15 is 0 Å². The van der Waals surface area contributed by atoms with Crippen LogP contribution < -0.4 is 10.1 Å². The molecule has 1 aliphatic rings. The second kappa shape index (κ2) is 6.31. The fourth-order valence-corrected chi connectivity index (χ4v) is 1.94. The topological polar surface area (TPSA) is 90.2 Å². The van der Waals surface area contributed by atoms with Crippen molar-refractivity contribution in [3.8, 4) is 5.88 Å². The fraction of sp³-hybridized carbons (Fsp3) is 0.667. The molecule has 0 atom stereocenters. The average Bonchev–Trinajstić information content (AvgIpc) is 2.32. The minimum Gasteiger partial charge on any atom is -0.473 e. The third-order valence-corrected chi connectivity index (χ3v) is 3.26. The average molecular weight is 266 g/mol. The summed E-state index contributed by atoms with van der Waals surface area (Å²) in [6.45, 7) is 3.02. The first kappa shape index (κ1) is 13.5. The zero-order valence-electron chi connectivity index (χ0n) is 11.0. The van der Waals surface area contributed by atoms with Crippen molar-refractivity contribution < 1.29 is 9.66 Å². The van der Waals surface area contributed by atoms with Gasteiger partial charge in [-0.25, -0.2) is 4.98 Å². The van der Waals surface area contributed by atoms with E-state index in [1.807, 2.05) is 6.92 Å². The lowest BCUT2D eigenvalue weighted by atomic mass is 9.83. The Morgan fingerprint density at radius 2 is 2.37 bits per heavy atom. The van der Waals surface area contributed by atoms with Gasteiger partial charge in [0.05, 0.1) is 11.5 Å². The van der Waals surface area contributed by atoms with Crippen molar-refractivity contribution in [2.75, 3.05) is 18.5 Å². The molecule has 7 heteroatoms. The highest BCUT2D eigenvalue weighted by Gasteiger charge is 2.21. The van der Waals surface area contributed by atoms with Crippen molar-refractivity contribution in [3.63, 3.8) is 0 Å². The van der Waals surface area contributed by atoms with E-state index in [0.29, 0.717) is 25.0 Å². The summed E-state index contributed by atoms with van der Waals surface area (Å²) in [6, 6.07) is 0. The first-order valence-corrected chi connectivity index (χ1v) is 6.58. The molecule has 7 nitrogen and oxygen atoms in total. The number of nitrogens with zero attached hydrogens (tertiary/aromatic N) is 3. The molecule has 1 aliphatic carbocycles. The molecule has 104 valence electrons. The van der Waals surface area contributed by atoms with E-state index in [4.69, 9.17) is 4.74 Å². The van der Waals surface area contributed by atoms with E-state index in [1.165, 1.54) is 25.5 Å². The Bertz CT molecular complexity index is 449. The molecule has 1 heterocycles. The molecule has 0 aliphatic heterocycles. The summed E-state index contributed by atoms with van der Waals surface area (Å²) in [6.07, 6.45) is 5.86. The van der Waals surface area contributed by atoms with E-state index in [-0.39, 0.29) is 11.6 Å². The highest BCUT2D eigenvalue weighted by atomic mass is 16.6. The van der Waals surface area contributed by atoms with E-state index in [2.05, 4.69) is 15.3 Å². The SMILES string of the molecule is CCNc1ncc([N+](=O)[O-])c(OCCC2CCC2)n1. The maximum atomic E-state index is 10.9. The molecule has 1 N–H and O–H groups in total. The van der Waals surface area contributed by atoms with Crippen LogP contribution in [-0.4, -0.2) is 28.0 Å². The maximum absolute atomic E-state index is 10.9. The maximum Gasteiger partial charge on any atom is 0.349 e. The van der Waals surface area contributed by atoms with Crippen molar-refractivity contribution in [3.05, 3.63) is 16.3 Å². The number of nitro groups is 1. The largest absolute Gasteiger partial charge is 0.473 e. The van der Waals surface area contributed by atoms with Crippen LogP contribution in [0, 0.1) is 16.0 Å². The van der Waals surface area contributed by atoms with Gasteiger partial charge in [-0.15, -0.1) is 0 Å². The van der Waals surface area contributed by atoms with Crippen LogP contribution in [0.2, 0.25) is 0 Å². The Hall–Kier alpha value is -1.92. The fourth-order valence-electron chi connectivity index (χ4n) is 1.94. The molecule has 0 unspecified atom stereocenters. The van der Waals surface area contributed by atoms with Crippen LogP contribution >= 0.6 is 0 Å². The Balaban J connectivity index is 2.00. The van der Waals surface area contributed by atoms with Crippen LogP contribution in [0.25, 0.3) is 0 Å². The zero-order valence-corrected chi connectivity index (χ0v) is 11.0. The first-order chi connectivity index (χ1) is 9.20. The molecule has 0 aromatic carbocycles. The van der Waals surface area contributed by atoms with Crippen LogP contribution in [-0.2, 0) is 0 Å². The second-order valence-corrected chi connectivity index (χ2v) is 4.61. The summed E-state index contributed by atoms with van der Waals surface area (Å²) >= 11 is 0. The quantitative estimate of drug-likeness (QED) is 0.602. The molecule has 0 saturated heterocycles. The predicted molar refractivity (Wildman–Crippen MR) is 70.3 cm³/mol. The molecule has 1 fully saturated rings. The van der Waals surface area contributed by atoms with Crippen molar-refractivity contribution in [2.24, 2.45) is 5.92 Å². The molecule has 0 bridgehead atoms. The number of nitrogens with one attached hydrogen (secondary N) is 1. The van der Waals surface area contributed by atoms with Crippen LogP contribution in [0.15, 0.2) is 6.20 Å². The molecule has 19 heavy (non-hydrogen) atoms. The van der Waals surface area contributed by atoms with Gasteiger partial charge in [-0.05, 0) is 19.3 Å². The van der Waals surface area contributed by atoms with Crippen molar-refractivity contribution in [2.45, 2.75) is 32.6 Å². The molecule has 0 spiro atoms. The van der Waals surface area contributed by atoms with Gasteiger partial charge in [0.15, 0.2) is 0 Å². The Morgan fingerprint density at radius 3 is 2.95 bits per heavy atom. The van der Waals surface area contributed by atoms with Gasteiger partial charge in [-0.3, -0.25) is 10.1 Å². The van der Waals surface area contributed by atoms with Crippen LogP contribution in [0.5, 0.6) is 5.88 Å². The van der Waals surface area contributed by atoms with E-state index in [9.17, 15) is 10.1 Å². The van der Waals surface area contributed by atoms with E-state index < -0.39 is 4.92 Å². The Kier molecular flexibility index (Phi) is 4.48. The minimum atomic E-state index is -0.519. The molecule has 1 aromatic heterocycles. The van der Waals surface area contributed by atoms with Crippen LogP contribution in [0.3, 0.4) is 0 Å². The smallest absolute Gasteiger partial charge is 0.349 e. The molecule has 1 saturated carbocycles. The normalized spacial score (nSPS) is 14.8. The van der Waals surface area contributed by atoms with Gasteiger partial charge in [-0.2, -0.15) is 4.98 Å². The number of rotatable bonds is 7. The number of hydrogen-bond donors (Lipinski definition) is 1. The van der Waals surface area contributed by atoms with Crippen LogP contribution in [0.4, 0.5) is 11.6 Å². The number of ether oxygens (including phenoxy) is 1. The minimum absolute atomic E-state index is 0.0512. The van der Waals surface area contributed by atoms with Crippen LogP contribution in [0.1, 0.15) is 32.6 Å². The molecule has 2 rings (SSSR count). The summed E-state index contributed by atoms with van der Waals surface area (Å²) in [5.41, 5.74) is -0.185. The number of anilines is 1. The molecular formula is C12H18N4O3. The lowest BCUT2D eigenvalue weighted by molar-refractivity contribution is -0.386. The zero-order chi connectivity index (χ0) is 13.7. The summed E-state index contributed by atoms with van der Waals surface area (Å²) in [5.74, 6) is 1.11. The van der Waals surface area contributed by atoms with Gasteiger partial charge in [0, 0.05) is 6.54 Å². The Morgan fingerprint density at radius 1 is 1.58 bits per heavy atom. The summed E-state index contributed by atoms with van der Waals surface area (Å²) in [4.78, 5) is 18.3. The molecule has 0 amide bonds. The summed E-state index contributed by atoms with van der Waals surface area (Å²) in [5, 5.41) is 13.8. The van der Waals surface area contributed by atoms with Gasteiger partial charge < -0.3 is 10.1 Å². The molecule has 0 radical (unpaired) electrons. The Labute approximate surface area is 111 Å². The third kappa shape index (κ3) is 3.52. The van der Waals surface area contributed by atoms with Gasteiger partial charge in [0.25, 0.3) is 5.88 Å². The van der Waals surface area contributed by atoms with Crippen molar-refractivity contribution in [1.29, 1.82) is 0 Å². The summed E-state index contributed by atoms with van der Waals surface area (Å²) < 4.78 is 5.46. The third-order valence-electron chi connectivity index (χ3n) is 3.26. The van der Waals surface area contributed by atoms with E-state index in [0.717, 1.165) is 6.42 Å². The molecular weight excluding hydrogens is 248 g/mol. The predicted octanol–water partition coefficient (Wildman–Crippen LogP) is 2.39. The highest BCUT2D eigenvalue weighted by Crippen LogP contribution is 2.30. The monoisotopic (exact) mass is 266 g/mol. The van der Waals surface area contributed by atoms with E-state index in [1.54, 1.807) is 0 Å². The highest BCUT2D eigenvalue weighted by molar-refractivity contribution is 5.43. The number of aromatic nitrogens is 2. The van der Waals surface area contributed by atoms with Gasteiger partial charge in [0.1, 0.15) is 6.20 Å². The summed E-state index contributed by atoms with van der Waals surface area (Å²) in [7, 11) is 0.